The van der Waals surface area contributed by atoms with Crippen molar-refractivity contribution >= 4 is 5.82 Å². The molecule has 0 aliphatic carbocycles. The molecule has 0 radical (unpaired) electrons. The number of aromatic nitrogens is 3. The number of hydrogen-bond donors (Lipinski definition) is 1. The lowest BCUT2D eigenvalue weighted by atomic mass is 10.2. The Morgan fingerprint density at radius 2 is 1.84 bits per heavy atom. The number of H-pyrrole nitrogens is 1. The van der Waals surface area contributed by atoms with Gasteiger partial charge in [-0.1, -0.05) is 12.1 Å². The highest BCUT2D eigenvalue weighted by molar-refractivity contribution is 5.56. The first-order chi connectivity index (χ1) is 15.0. The maximum atomic E-state index is 12.0. The fraction of sp³-hybridized carbons (Fsp3) is 0.375. The van der Waals surface area contributed by atoms with Crippen molar-refractivity contribution < 1.29 is 4.74 Å². The highest BCUT2D eigenvalue weighted by atomic mass is 16.5. The predicted octanol–water partition coefficient (Wildman–Crippen LogP) is 3.17. The molecule has 162 valence electrons. The smallest absolute Gasteiger partial charge is 0.254 e. The first-order valence-electron chi connectivity index (χ1n) is 10.7. The zero-order chi connectivity index (χ0) is 21.8. The number of aromatic amines is 1. The van der Waals surface area contributed by atoms with Crippen LogP contribution in [0.4, 0.5) is 5.82 Å². The van der Waals surface area contributed by atoms with Crippen LogP contribution >= 0.6 is 0 Å². The number of nitrogens with zero attached hydrogens (tertiary/aromatic N) is 4. The molecular weight excluding hydrogens is 390 g/mol. The molecule has 0 unspecified atom stereocenters. The van der Waals surface area contributed by atoms with E-state index < -0.39 is 0 Å². The SMILES string of the molecule is COc1ccc(CN2CCCN(c3ccc(-c4nc(C)c(C)c(=O)[nH]4)cn3)CC2)cc1. The van der Waals surface area contributed by atoms with Gasteiger partial charge in [-0.3, -0.25) is 9.69 Å². The van der Waals surface area contributed by atoms with Gasteiger partial charge in [0, 0.05) is 55.7 Å². The van der Waals surface area contributed by atoms with Crippen LogP contribution in [0.25, 0.3) is 11.4 Å². The van der Waals surface area contributed by atoms with E-state index in [0.717, 1.165) is 62.0 Å². The summed E-state index contributed by atoms with van der Waals surface area (Å²) in [4.78, 5) is 28.9. The molecule has 4 rings (SSSR count). The molecule has 7 nitrogen and oxygen atoms in total. The summed E-state index contributed by atoms with van der Waals surface area (Å²) in [5, 5.41) is 0. The Morgan fingerprint density at radius 1 is 1.03 bits per heavy atom. The minimum atomic E-state index is -0.101. The second-order valence-corrected chi connectivity index (χ2v) is 7.99. The Kier molecular flexibility index (Phi) is 6.32. The van der Waals surface area contributed by atoms with Crippen LogP contribution in [0, 0.1) is 13.8 Å². The monoisotopic (exact) mass is 419 g/mol. The van der Waals surface area contributed by atoms with Crippen molar-refractivity contribution in [2.24, 2.45) is 0 Å². The highest BCUT2D eigenvalue weighted by Gasteiger charge is 2.17. The summed E-state index contributed by atoms with van der Waals surface area (Å²) < 4.78 is 5.25. The molecular formula is C24H29N5O2. The van der Waals surface area contributed by atoms with Gasteiger partial charge >= 0.3 is 0 Å². The van der Waals surface area contributed by atoms with E-state index >= 15 is 0 Å². The average molecular weight is 420 g/mol. The van der Waals surface area contributed by atoms with Crippen molar-refractivity contribution in [1.29, 1.82) is 0 Å². The lowest BCUT2D eigenvalue weighted by Gasteiger charge is -2.23. The summed E-state index contributed by atoms with van der Waals surface area (Å²) in [6, 6.07) is 12.3. The van der Waals surface area contributed by atoms with E-state index in [2.05, 4.69) is 36.9 Å². The van der Waals surface area contributed by atoms with Crippen LogP contribution in [0.1, 0.15) is 23.2 Å². The summed E-state index contributed by atoms with van der Waals surface area (Å²) in [5.74, 6) is 2.41. The third-order valence-corrected chi connectivity index (χ3v) is 5.89. The molecule has 0 amide bonds. The molecule has 1 N–H and O–H groups in total. The zero-order valence-corrected chi connectivity index (χ0v) is 18.4. The first-order valence-corrected chi connectivity index (χ1v) is 10.7. The molecule has 3 heterocycles. The van der Waals surface area contributed by atoms with Crippen molar-refractivity contribution in [2.75, 3.05) is 38.2 Å². The number of hydrogen-bond acceptors (Lipinski definition) is 6. The van der Waals surface area contributed by atoms with E-state index in [1.807, 2.05) is 31.2 Å². The maximum absolute atomic E-state index is 12.0. The molecule has 31 heavy (non-hydrogen) atoms. The Balaban J connectivity index is 1.40. The number of benzene rings is 1. The van der Waals surface area contributed by atoms with E-state index in [9.17, 15) is 4.79 Å². The van der Waals surface area contributed by atoms with E-state index in [1.54, 1.807) is 20.2 Å². The molecule has 1 saturated heterocycles. The minimum absolute atomic E-state index is 0.101. The summed E-state index contributed by atoms with van der Waals surface area (Å²) in [7, 11) is 1.69. The summed E-state index contributed by atoms with van der Waals surface area (Å²) in [5.41, 5.74) is 3.41. The van der Waals surface area contributed by atoms with Crippen molar-refractivity contribution in [3.05, 3.63) is 69.8 Å². The number of methoxy groups -OCH3 is 1. The quantitative estimate of drug-likeness (QED) is 0.685. The van der Waals surface area contributed by atoms with E-state index in [0.29, 0.717) is 11.4 Å². The fourth-order valence-corrected chi connectivity index (χ4v) is 3.84. The van der Waals surface area contributed by atoms with Gasteiger partial charge in [-0.15, -0.1) is 0 Å². The molecule has 1 aromatic carbocycles. The van der Waals surface area contributed by atoms with Gasteiger partial charge in [0.15, 0.2) is 0 Å². The zero-order valence-electron chi connectivity index (χ0n) is 18.4. The number of nitrogens with one attached hydrogen (secondary N) is 1. The van der Waals surface area contributed by atoms with Gasteiger partial charge in [-0.25, -0.2) is 9.97 Å². The molecule has 3 aromatic rings. The molecule has 1 fully saturated rings. The van der Waals surface area contributed by atoms with Crippen molar-refractivity contribution in [1.82, 2.24) is 19.9 Å². The van der Waals surface area contributed by atoms with Gasteiger partial charge in [-0.2, -0.15) is 0 Å². The van der Waals surface area contributed by atoms with E-state index in [-0.39, 0.29) is 5.56 Å². The molecule has 1 aliphatic rings. The lowest BCUT2D eigenvalue weighted by Crippen LogP contribution is -2.30. The largest absolute Gasteiger partial charge is 0.497 e. The predicted molar refractivity (Wildman–Crippen MR) is 123 cm³/mol. The molecule has 2 aromatic heterocycles. The van der Waals surface area contributed by atoms with Gasteiger partial charge in [0.05, 0.1) is 7.11 Å². The third kappa shape index (κ3) is 4.94. The van der Waals surface area contributed by atoms with Gasteiger partial charge < -0.3 is 14.6 Å². The van der Waals surface area contributed by atoms with Crippen LogP contribution in [0.15, 0.2) is 47.4 Å². The van der Waals surface area contributed by atoms with Crippen LogP contribution < -0.4 is 15.2 Å². The Hall–Kier alpha value is -3.19. The molecule has 7 heteroatoms. The van der Waals surface area contributed by atoms with E-state index in [4.69, 9.17) is 4.74 Å². The highest BCUT2D eigenvalue weighted by Crippen LogP contribution is 2.20. The molecule has 0 atom stereocenters. The number of ether oxygens (including phenoxy) is 1. The van der Waals surface area contributed by atoms with Crippen LogP contribution in [-0.2, 0) is 6.54 Å². The maximum Gasteiger partial charge on any atom is 0.254 e. The molecule has 0 bridgehead atoms. The van der Waals surface area contributed by atoms with Crippen molar-refractivity contribution in [3.8, 4) is 17.1 Å². The second kappa shape index (κ2) is 9.31. The first kappa shape index (κ1) is 21.1. The number of aryl methyl sites for hydroxylation is 1. The summed E-state index contributed by atoms with van der Waals surface area (Å²) in [6.07, 6.45) is 2.88. The third-order valence-electron chi connectivity index (χ3n) is 5.89. The molecule has 1 aliphatic heterocycles. The van der Waals surface area contributed by atoms with Crippen LogP contribution in [0.5, 0.6) is 5.75 Å². The average Bonchev–Trinajstić information content (AvgIpc) is 3.03. The Labute approximate surface area is 182 Å². The van der Waals surface area contributed by atoms with Gasteiger partial charge in [-0.05, 0) is 50.1 Å². The fourth-order valence-electron chi connectivity index (χ4n) is 3.84. The van der Waals surface area contributed by atoms with Gasteiger partial charge in [0.1, 0.15) is 17.4 Å². The molecule has 0 saturated carbocycles. The minimum Gasteiger partial charge on any atom is -0.497 e. The Bertz CT molecular complexity index is 1080. The standard InChI is InChI=1S/C24H29N5O2/c1-17-18(2)26-23(27-24(17)30)20-7-10-22(25-15-20)29-12-4-11-28(13-14-29)16-19-5-8-21(31-3)9-6-19/h5-10,15H,4,11-14,16H2,1-3H3,(H,26,27,30). The van der Waals surface area contributed by atoms with E-state index in [1.165, 1.54) is 5.56 Å². The van der Waals surface area contributed by atoms with Crippen molar-refractivity contribution in [2.45, 2.75) is 26.8 Å². The second-order valence-electron chi connectivity index (χ2n) is 7.99. The van der Waals surface area contributed by atoms with Crippen molar-refractivity contribution in [3.63, 3.8) is 0 Å². The molecule has 0 spiro atoms. The number of rotatable bonds is 5. The summed E-state index contributed by atoms with van der Waals surface area (Å²) >= 11 is 0. The topological polar surface area (TPSA) is 74.3 Å². The van der Waals surface area contributed by atoms with Crippen LogP contribution in [0.2, 0.25) is 0 Å². The number of pyridine rings is 1. The van der Waals surface area contributed by atoms with Gasteiger partial charge in [0.2, 0.25) is 0 Å². The number of anilines is 1. The van der Waals surface area contributed by atoms with Crippen LogP contribution in [-0.4, -0.2) is 53.1 Å². The van der Waals surface area contributed by atoms with Crippen LogP contribution in [0.3, 0.4) is 0 Å². The lowest BCUT2D eigenvalue weighted by molar-refractivity contribution is 0.285. The Morgan fingerprint density at radius 3 is 2.52 bits per heavy atom. The van der Waals surface area contributed by atoms with Gasteiger partial charge in [0.25, 0.3) is 5.56 Å². The summed E-state index contributed by atoms with van der Waals surface area (Å²) in [6.45, 7) is 8.53. The normalized spacial score (nSPS) is 15.0.